The van der Waals surface area contributed by atoms with Gasteiger partial charge in [-0.25, -0.2) is 10.9 Å². The predicted octanol–water partition coefficient (Wildman–Crippen LogP) is 0.620. The Balaban J connectivity index is 2.91. The molecule has 1 aromatic rings. The summed E-state index contributed by atoms with van der Waals surface area (Å²) in [6.07, 6.45) is 1.29. The minimum atomic E-state index is -0.596. The maximum absolute atomic E-state index is 12.8. The second-order valence-corrected chi connectivity index (χ2v) is 2.14. The molecule has 0 atom stereocenters. The maximum atomic E-state index is 12.8. The van der Waals surface area contributed by atoms with Crippen molar-refractivity contribution < 1.29 is 14.0 Å². The van der Waals surface area contributed by atoms with E-state index in [1.165, 1.54) is 19.4 Å². The summed E-state index contributed by atoms with van der Waals surface area (Å²) >= 11 is 0. The zero-order valence-electron chi connectivity index (χ0n) is 6.58. The Bertz CT molecular complexity index is 268. The van der Waals surface area contributed by atoms with Crippen molar-refractivity contribution in [2.75, 3.05) is 7.11 Å². The van der Waals surface area contributed by atoms with Gasteiger partial charge in [-0.05, 0) is 6.07 Å². The smallest absolute Gasteiger partial charge is 0.218 e. The molecule has 0 unspecified atom stereocenters. The Morgan fingerprint density at radius 2 is 2.42 bits per heavy atom. The number of aromatic nitrogens is 1. The summed E-state index contributed by atoms with van der Waals surface area (Å²) in [4.78, 5) is 7.71. The maximum Gasteiger partial charge on any atom is 0.218 e. The van der Waals surface area contributed by atoms with Gasteiger partial charge in [0.1, 0.15) is 5.75 Å². The number of hydrogen-bond donors (Lipinski definition) is 1. The van der Waals surface area contributed by atoms with Gasteiger partial charge in [-0.1, -0.05) is 0 Å². The molecule has 0 saturated heterocycles. The molecule has 12 heavy (non-hydrogen) atoms. The number of rotatable bonds is 3. The van der Waals surface area contributed by atoms with Gasteiger partial charge in [-0.3, -0.25) is 4.84 Å². The van der Waals surface area contributed by atoms with E-state index in [9.17, 15) is 4.39 Å². The zero-order chi connectivity index (χ0) is 8.97. The zero-order valence-corrected chi connectivity index (χ0v) is 6.58. The van der Waals surface area contributed by atoms with Crippen LogP contribution in [0.1, 0.15) is 5.56 Å². The molecule has 0 fully saturated rings. The molecular formula is C7H9FN2O2. The van der Waals surface area contributed by atoms with Crippen LogP contribution < -0.4 is 10.6 Å². The lowest BCUT2D eigenvalue weighted by Crippen LogP contribution is -2.02. The second kappa shape index (κ2) is 3.99. The van der Waals surface area contributed by atoms with Crippen LogP contribution in [0.2, 0.25) is 0 Å². The van der Waals surface area contributed by atoms with Crippen LogP contribution in [0.3, 0.4) is 0 Å². The van der Waals surface area contributed by atoms with E-state index < -0.39 is 5.95 Å². The lowest BCUT2D eigenvalue weighted by Gasteiger charge is -2.02. The second-order valence-electron chi connectivity index (χ2n) is 2.14. The van der Waals surface area contributed by atoms with E-state index in [4.69, 9.17) is 10.6 Å². The van der Waals surface area contributed by atoms with Crippen molar-refractivity contribution in [1.29, 1.82) is 0 Å². The highest BCUT2D eigenvalue weighted by atomic mass is 19.1. The molecule has 0 saturated carbocycles. The van der Waals surface area contributed by atoms with Crippen LogP contribution in [0.15, 0.2) is 12.3 Å². The van der Waals surface area contributed by atoms with Crippen LogP contribution in [0, 0.1) is 5.95 Å². The first kappa shape index (κ1) is 8.89. The van der Waals surface area contributed by atoms with Gasteiger partial charge >= 0.3 is 0 Å². The molecular weight excluding hydrogens is 163 g/mol. The molecule has 2 N–H and O–H groups in total. The van der Waals surface area contributed by atoms with Crippen molar-refractivity contribution in [3.05, 3.63) is 23.8 Å². The van der Waals surface area contributed by atoms with E-state index >= 15 is 0 Å². The summed E-state index contributed by atoms with van der Waals surface area (Å²) in [7, 11) is 1.47. The molecule has 0 amide bonds. The Hall–Kier alpha value is -1.20. The SMILES string of the molecule is COc1cnc(F)c(CON)c1. The van der Waals surface area contributed by atoms with Crippen LogP contribution in [-0.2, 0) is 11.4 Å². The number of hydrogen-bond acceptors (Lipinski definition) is 4. The topological polar surface area (TPSA) is 57.4 Å². The molecule has 0 aliphatic carbocycles. The van der Waals surface area contributed by atoms with E-state index in [2.05, 4.69) is 9.82 Å². The lowest BCUT2D eigenvalue weighted by molar-refractivity contribution is 0.120. The fourth-order valence-electron chi connectivity index (χ4n) is 0.774. The summed E-state index contributed by atoms with van der Waals surface area (Å²) in [5.74, 6) is 4.67. The summed E-state index contributed by atoms with van der Waals surface area (Å²) in [5, 5.41) is 0. The van der Waals surface area contributed by atoms with Gasteiger partial charge in [-0.15, -0.1) is 0 Å². The van der Waals surface area contributed by atoms with Crippen LogP contribution in [0.25, 0.3) is 0 Å². The molecule has 0 bridgehead atoms. The molecule has 1 aromatic heterocycles. The van der Waals surface area contributed by atoms with Gasteiger partial charge in [0.25, 0.3) is 0 Å². The monoisotopic (exact) mass is 172 g/mol. The number of methoxy groups -OCH3 is 1. The number of nitrogens with two attached hydrogens (primary N) is 1. The van der Waals surface area contributed by atoms with E-state index in [0.717, 1.165) is 0 Å². The first-order valence-corrected chi connectivity index (χ1v) is 3.28. The van der Waals surface area contributed by atoms with Gasteiger partial charge in [-0.2, -0.15) is 4.39 Å². The fraction of sp³-hybridized carbons (Fsp3) is 0.286. The van der Waals surface area contributed by atoms with Crippen LogP contribution in [0.5, 0.6) is 5.75 Å². The molecule has 5 heteroatoms. The third-order valence-corrected chi connectivity index (χ3v) is 1.36. The van der Waals surface area contributed by atoms with Crippen LogP contribution in [0.4, 0.5) is 4.39 Å². The van der Waals surface area contributed by atoms with E-state index in [1.54, 1.807) is 0 Å². The minimum Gasteiger partial charge on any atom is -0.495 e. The first-order chi connectivity index (χ1) is 5.77. The molecule has 4 nitrogen and oxygen atoms in total. The molecule has 1 heterocycles. The number of ether oxygens (including phenoxy) is 1. The Labute approximate surface area is 69.1 Å². The minimum absolute atomic E-state index is 0.0178. The lowest BCUT2D eigenvalue weighted by atomic mass is 10.3. The predicted molar refractivity (Wildman–Crippen MR) is 39.7 cm³/mol. The van der Waals surface area contributed by atoms with Crippen molar-refractivity contribution in [1.82, 2.24) is 4.98 Å². The fourth-order valence-corrected chi connectivity index (χ4v) is 0.774. The van der Waals surface area contributed by atoms with Crippen molar-refractivity contribution in [3.63, 3.8) is 0 Å². The quantitative estimate of drug-likeness (QED) is 0.536. The molecule has 1 rings (SSSR count). The Morgan fingerprint density at radius 3 is 3.00 bits per heavy atom. The van der Waals surface area contributed by atoms with E-state index in [-0.39, 0.29) is 12.2 Å². The molecule has 66 valence electrons. The number of halogens is 1. The largest absolute Gasteiger partial charge is 0.495 e. The third kappa shape index (κ3) is 1.90. The van der Waals surface area contributed by atoms with Crippen molar-refractivity contribution in [2.24, 2.45) is 5.90 Å². The van der Waals surface area contributed by atoms with Gasteiger partial charge in [0.2, 0.25) is 5.95 Å². The average Bonchev–Trinajstić information content (AvgIpc) is 2.09. The molecule has 0 aromatic carbocycles. The summed E-state index contributed by atoms with van der Waals surface area (Å²) < 4.78 is 17.6. The van der Waals surface area contributed by atoms with Crippen molar-refractivity contribution in [2.45, 2.75) is 6.61 Å². The molecule has 0 spiro atoms. The highest BCUT2D eigenvalue weighted by molar-refractivity contribution is 5.23. The van der Waals surface area contributed by atoms with Crippen molar-refractivity contribution >= 4 is 0 Å². The Kier molecular flexibility index (Phi) is 2.95. The standard InChI is InChI=1S/C7H9FN2O2/c1-11-6-2-5(4-12-9)7(8)10-3-6/h2-3H,4,9H2,1H3. The van der Waals surface area contributed by atoms with Gasteiger partial charge < -0.3 is 4.74 Å². The highest BCUT2D eigenvalue weighted by Gasteiger charge is 2.04. The summed E-state index contributed by atoms with van der Waals surface area (Å²) in [5.41, 5.74) is 0.275. The normalized spacial score (nSPS) is 9.92. The van der Waals surface area contributed by atoms with E-state index in [0.29, 0.717) is 5.75 Å². The third-order valence-electron chi connectivity index (χ3n) is 1.36. The Morgan fingerprint density at radius 1 is 1.67 bits per heavy atom. The first-order valence-electron chi connectivity index (χ1n) is 3.28. The number of pyridine rings is 1. The van der Waals surface area contributed by atoms with Crippen LogP contribution >= 0.6 is 0 Å². The molecule has 0 radical (unpaired) electrons. The van der Waals surface area contributed by atoms with Crippen molar-refractivity contribution in [3.8, 4) is 5.75 Å². The van der Waals surface area contributed by atoms with E-state index in [1.807, 2.05) is 0 Å². The van der Waals surface area contributed by atoms with Gasteiger partial charge in [0.15, 0.2) is 0 Å². The molecule has 0 aliphatic rings. The molecule has 0 aliphatic heterocycles. The number of nitrogens with zero attached hydrogens (tertiary/aromatic N) is 1. The van der Waals surface area contributed by atoms with Gasteiger partial charge in [0.05, 0.1) is 19.9 Å². The van der Waals surface area contributed by atoms with Gasteiger partial charge in [0, 0.05) is 5.56 Å². The summed E-state index contributed by atoms with van der Waals surface area (Å²) in [6, 6.07) is 1.48. The summed E-state index contributed by atoms with van der Waals surface area (Å²) in [6.45, 7) is -0.0178. The average molecular weight is 172 g/mol. The highest BCUT2D eigenvalue weighted by Crippen LogP contribution is 2.13. The van der Waals surface area contributed by atoms with Crippen LogP contribution in [-0.4, -0.2) is 12.1 Å².